The highest BCUT2D eigenvalue weighted by atomic mass is 15.1. The van der Waals surface area contributed by atoms with Crippen LogP contribution in [0, 0.1) is 0 Å². The number of fused-ring (bicyclic) bond motifs is 17. The lowest BCUT2D eigenvalue weighted by atomic mass is 10.0. The van der Waals surface area contributed by atoms with E-state index in [1.807, 2.05) is 97.3 Å². The molecule has 0 fully saturated rings. The molecule has 22 rings (SSSR count). The largest absolute Gasteiger partial charge is 0.309 e. The van der Waals surface area contributed by atoms with Crippen molar-refractivity contribution in [3.63, 3.8) is 0 Å². The summed E-state index contributed by atoms with van der Waals surface area (Å²) in [6.45, 7) is 0. The summed E-state index contributed by atoms with van der Waals surface area (Å²) < 4.78 is 9.41. The quantitative estimate of drug-likeness (QED) is 0.150. The molecule has 22 aromatic rings. The molecule has 8 aromatic heterocycles. The van der Waals surface area contributed by atoms with Crippen LogP contribution in [-0.2, 0) is 0 Å². The normalized spacial score (nSPS) is 11.8. The van der Waals surface area contributed by atoms with Crippen LogP contribution in [-0.4, -0.2) is 48.2 Å². The van der Waals surface area contributed by atoms with Gasteiger partial charge in [-0.05, 0) is 137 Å². The standard InChI is InChI=1S/2C47H29N5/c1-3-14-31(15-4-1)45-46(50-40-21-11-10-20-39(40)49-45)32-24-26-44(48-29-32)52-41-22-12-9-19-35(41)37-27-38-36-25-23-30-13-7-8-18-34(30)47(36)51(42(38)28-43(37)52)33-16-5-2-6-17-33;1-3-13-30(14-4-1)46-47(50-40-21-11-10-20-39(40)49-46)33-23-24-45(48-29-33)52-41-22-12-9-19-35(41)37-27-38-36-25-31-15-7-8-16-32(31)26-42(36)51(43(38)28-44(37)52)34-17-5-2-6-18-34/h2*1-29H. The van der Waals surface area contributed by atoms with Gasteiger partial charge < -0.3 is 9.13 Å². The molecule has 0 radical (unpaired) electrons. The van der Waals surface area contributed by atoms with Gasteiger partial charge in [0.1, 0.15) is 11.6 Å². The fraction of sp³-hybridized carbons (Fsp3) is 0. The van der Waals surface area contributed by atoms with Crippen molar-refractivity contribution in [2.75, 3.05) is 0 Å². The molecule has 0 saturated heterocycles. The van der Waals surface area contributed by atoms with Crippen molar-refractivity contribution in [3.05, 3.63) is 352 Å². The maximum Gasteiger partial charge on any atom is 0.137 e. The topological polar surface area (TPSA) is 97.1 Å². The van der Waals surface area contributed by atoms with E-state index in [0.717, 1.165) is 123 Å². The van der Waals surface area contributed by atoms with Crippen LogP contribution in [0.25, 0.3) is 199 Å². The minimum absolute atomic E-state index is 0.812. The fourth-order valence-corrected chi connectivity index (χ4v) is 15.9. The minimum Gasteiger partial charge on any atom is -0.309 e. The Morgan fingerprint density at radius 1 is 0.192 bits per heavy atom. The number of hydrogen-bond donors (Lipinski definition) is 0. The molecule has 10 nitrogen and oxygen atoms in total. The van der Waals surface area contributed by atoms with Crippen LogP contribution >= 0.6 is 0 Å². The monoisotopic (exact) mass is 1330 g/mol. The third-order valence-corrected chi connectivity index (χ3v) is 20.6. The van der Waals surface area contributed by atoms with Crippen LogP contribution in [0.5, 0.6) is 0 Å². The van der Waals surface area contributed by atoms with E-state index in [4.69, 9.17) is 29.9 Å². The van der Waals surface area contributed by atoms with E-state index in [0.29, 0.717) is 0 Å². The summed E-state index contributed by atoms with van der Waals surface area (Å²) in [4.78, 5) is 30.7. The summed E-state index contributed by atoms with van der Waals surface area (Å²) >= 11 is 0. The Hall–Kier alpha value is -14.2. The van der Waals surface area contributed by atoms with Gasteiger partial charge in [-0.3, -0.25) is 9.13 Å². The summed E-state index contributed by atoms with van der Waals surface area (Å²) in [6.07, 6.45) is 3.87. The Kier molecular flexibility index (Phi) is 13.4. The Morgan fingerprint density at radius 3 is 1.04 bits per heavy atom. The highest BCUT2D eigenvalue weighted by Crippen LogP contribution is 2.45. The maximum absolute atomic E-state index is 5.15. The maximum atomic E-state index is 5.15. The van der Waals surface area contributed by atoms with Gasteiger partial charge in [-0.15, -0.1) is 0 Å². The van der Waals surface area contributed by atoms with Gasteiger partial charge in [0, 0.05) is 94.5 Å². The summed E-state index contributed by atoms with van der Waals surface area (Å²) in [6, 6.07) is 120. The first-order valence-electron chi connectivity index (χ1n) is 35.1. The van der Waals surface area contributed by atoms with Crippen molar-refractivity contribution in [1.29, 1.82) is 0 Å². The second-order valence-electron chi connectivity index (χ2n) is 26.6. The van der Waals surface area contributed by atoms with E-state index in [1.54, 1.807) is 0 Å². The zero-order chi connectivity index (χ0) is 68.3. The molecule has 0 aliphatic carbocycles. The molecule has 484 valence electrons. The molecular formula is C94H58N10. The predicted octanol–water partition coefficient (Wildman–Crippen LogP) is 23.4. The number of hydrogen-bond acceptors (Lipinski definition) is 6. The molecular weight excluding hydrogens is 1270 g/mol. The zero-order valence-electron chi connectivity index (χ0n) is 56.0. The van der Waals surface area contributed by atoms with Gasteiger partial charge in [0.15, 0.2) is 0 Å². The second-order valence-corrected chi connectivity index (χ2v) is 26.6. The van der Waals surface area contributed by atoms with Crippen LogP contribution < -0.4 is 0 Å². The first-order chi connectivity index (χ1) is 51.6. The Bertz CT molecular complexity index is 7120. The van der Waals surface area contributed by atoms with E-state index in [1.165, 1.54) is 75.7 Å². The van der Waals surface area contributed by atoms with Crippen molar-refractivity contribution < 1.29 is 0 Å². The van der Waals surface area contributed by atoms with Gasteiger partial charge in [0.2, 0.25) is 0 Å². The molecule has 104 heavy (non-hydrogen) atoms. The number of rotatable bonds is 8. The predicted molar refractivity (Wildman–Crippen MR) is 429 cm³/mol. The molecule has 0 saturated carbocycles. The van der Waals surface area contributed by atoms with Gasteiger partial charge >= 0.3 is 0 Å². The summed E-state index contributed by atoms with van der Waals surface area (Å²) in [5, 5.41) is 14.6. The van der Waals surface area contributed by atoms with Crippen LogP contribution in [0.3, 0.4) is 0 Å². The third-order valence-electron chi connectivity index (χ3n) is 20.6. The lowest BCUT2D eigenvalue weighted by Crippen LogP contribution is -2.00. The van der Waals surface area contributed by atoms with Gasteiger partial charge in [0.25, 0.3) is 0 Å². The summed E-state index contributed by atoms with van der Waals surface area (Å²) in [7, 11) is 0. The molecule has 0 bridgehead atoms. The molecule has 0 amide bonds. The second kappa shape index (κ2) is 23.7. The minimum atomic E-state index is 0.812. The van der Waals surface area contributed by atoms with Crippen LogP contribution in [0.4, 0.5) is 0 Å². The molecule has 14 aromatic carbocycles. The number of pyridine rings is 2. The highest BCUT2D eigenvalue weighted by molar-refractivity contribution is 6.24. The van der Waals surface area contributed by atoms with E-state index in [9.17, 15) is 0 Å². The molecule has 0 N–H and O–H groups in total. The average Bonchev–Trinajstić information content (AvgIpc) is 1.58. The Labute approximate surface area is 595 Å². The fourth-order valence-electron chi connectivity index (χ4n) is 15.9. The Morgan fingerprint density at radius 2 is 0.548 bits per heavy atom. The van der Waals surface area contributed by atoms with Gasteiger partial charge in [-0.25, -0.2) is 29.9 Å². The van der Waals surface area contributed by atoms with Crippen molar-refractivity contribution >= 4 is 131 Å². The number of nitrogens with zero attached hydrogens (tertiary/aromatic N) is 10. The summed E-state index contributed by atoms with van der Waals surface area (Å²) in [5.41, 5.74) is 22.1. The molecule has 0 unspecified atom stereocenters. The molecule has 0 aliphatic heterocycles. The van der Waals surface area contributed by atoms with E-state index >= 15 is 0 Å². The smallest absolute Gasteiger partial charge is 0.137 e. The molecule has 0 aliphatic rings. The number of aromatic nitrogens is 10. The first-order valence-corrected chi connectivity index (χ1v) is 35.1. The summed E-state index contributed by atoms with van der Waals surface area (Å²) in [5.74, 6) is 1.69. The molecule has 10 heteroatoms. The van der Waals surface area contributed by atoms with E-state index < -0.39 is 0 Å². The van der Waals surface area contributed by atoms with Crippen molar-refractivity contribution in [2.45, 2.75) is 0 Å². The average molecular weight is 1330 g/mol. The molecule has 8 heterocycles. The lowest BCUT2D eigenvalue weighted by molar-refractivity contribution is 1.08. The lowest BCUT2D eigenvalue weighted by Gasteiger charge is -2.12. The highest BCUT2D eigenvalue weighted by Gasteiger charge is 2.24. The van der Waals surface area contributed by atoms with E-state index in [2.05, 4.69) is 273 Å². The SMILES string of the molecule is c1ccc(-c2nc3ccccc3nc2-c2ccc(-n3c4ccccc4c4cc5c6cc7ccccc7cc6n(-c6ccccc6)c5cc43)nc2)cc1.c1ccc(-c2nc3ccccc3nc2-c2ccc(-n3c4ccccc4c4cc5c6ccc7ccccc7c6n(-c6ccccc6)c5cc43)nc2)cc1. The van der Waals surface area contributed by atoms with Crippen molar-refractivity contribution in [3.8, 4) is 68.0 Å². The zero-order valence-corrected chi connectivity index (χ0v) is 56.0. The van der Waals surface area contributed by atoms with Gasteiger partial charge in [0.05, 0.1) is 89.0 Å². The number of benzene rings is 14. The third kappa shape index (κ3) is 9.43. The van der Waals surface area contributed by atoms with Gasteiger partial charge in [-0.1, -0.05) is 218 Å². The molecule has 0 atom stereocenters. The van der Waals surface area contributed by atoms with E-state index in [-0.39, 0.29) is 0 Å². The van der Waals surface area contributed by atoms with Crippen LogP contribution in [0.15, 0.2) is 352 Å². The van der Waals surface area contributed by atoms with Crippen molar-refractivity contribution in [1.82, 2.24) is 48.2 Å². The van der Waals surface area contributed by atoms with Crippen LogP contribution in [0.2, 0.25) is 0 Å². The number of para-hydroxylation sites is 8. The first kappa shape index (κ1) is 58.7. The molecule has 0 spiro atoms. The Balaban J connectivity index is 0.000000134. The van der Waals surface area contributed by atoms with Crippen molar-refractivity contribution in [2.24, 2.45) is 0 Å². The van der Waals surface area contributed by atoms with Crippen LogP contribution in [0.1, 0.15) is 0 Å². The van der Waals surface area contributed by atoms with Gasteiger partial charge in [-0.2, -0.15) is 0 Å².